The molecule has 0 spiro atoms. The van der Waals surface area contributed by atoms with Gasteiger partial charge in [-0.25, -0.2) is 0 Å². The predicted octanol–water partition coefficient (Wildman–Crippen LogP) is -1.46. The van der Waals surface area contributed by atoms with E-state index in [2.05, 4.69) is 0 Å². The third-order valence-corrected chi connectivity index (χ3v) is 0. The number of hydrogen-bond acceptors (Lipinski definition) is 0. The minimum atomic E-state index is 0. The van der Waals surface area contributed by atoms with E-state index in [0.717, 1.165) is 0 Å². The third kappa shape index (κ3) is 8.90. The Bertz CT molecular complexity index is 8.00. The van der Waals surface area contributed by atoms with Gasteiger partial charge in [-0.15, -0.1) is 0 Å². The van der Waals surface area contributed by atoms with Crippen LogP contribution in [-0.2, 0) is 60.5 Å². The van der Waals surface area contributed by atoms with Crippen LogP contribution in [0.5, 0.6) is 0 Å². The van der Waals surface area contributed by atoms with Crippen LogP contribution in [0.3, 0.4) is 0 Å². The summed E-state index contributed by atoms with van der Waals surface area (Å²) in [6, 6.07) is 0. The summed E-state index contributed by atoms with van der Waals surface area (Å²) in [7, 11) is 0. The fourth-order valence-electron chi connectivity index (χ4n) is 0. The zero-order valence-electron chi connectivity index (χ0n) is 1.23. The first-order chi connectivity index (χ1) is 0. The van der Waals surface area contributed by atoms with Gasteiger partial charge in [-0.1, -0.05) is 0 Å². The molecule has 4 heteroatoms. The maximum Gasteiger partial charge on any atom is 0 e. The molecule has 0 atom stereocenters. The second kappa shape index (κ2) is 19.1. The van der Waals surface area contributed by atoms with Crippen LogP contribution in [-0.4, -0.2) is 11.0 Å². The van der Waals surface area contributed by atoms with Gasteiger partial charge in [0.2, 0.25) is 0 Å². The molecule has 26 valence electrons. The zero-order valence-corrected chi connectivity index (χ0v) is 6.62. The van der Waals surface area contributed by atoms with Crippen LogP contribution in [0.1, 0.15) is 0 Å². The van der Waals surface area contributed by atoms with Crippen molar-refractivity contribution in [2.75, 3.05) is 0 Å². The Kier molecular flexibility index (Phi) is 168. The summed E-state index contributed by atoms with van der Waals surface area (Å²) >= 11 is 0. The van der Waals surface area contributed by atoms with Crippen LogP contribution < -0.4 is 0 Å². The molecule has 0 aromatic heterocycles. The topological polar surface area (TPSA) is 0 Å². The van der Waals surface area contributed by atoms with Gasteiger partial charge >= 0.3 is 0 Å². The molecule has 0 bridgehead atoms. The van der Waals surface area contributed by atoms with Crippen molar-refractivity contribution >= 4 is 11.0 Å². The SMILES string of the molecule is [Mn].[Mo].[Nb].[SiH4]. The summed E-state index contributed by atoms with van der Waals surface area (Å²) in [5.74, 6) is 0. The van der Waals surface area contributed by atoms with E-state index in [1.165, 1.54) is 0 Å². The summed E-state index contributed by atoms with van der Waals surface area (Å²) in [6.07, 6.45) is 0. The van der Waals surface area contributed by atoms with Crippen molar-refractivity contribution in [1.82, 2.24) is 0 Å². The molecule has 0 rings (SSSR count). The normalized spacial score (nSPS) is 0. The van der Waals surface area contributed by atoms with Gasteiger partial charge in [0.1, 0.15) is 0 Å². The summed E-state index contributed by atoms with van der Waals surface area (Å²) in [5.41, 5.74) is 0. The first-order valence-electron chi connectivity index (χ1n) is 0. The second-order valence-electron chi connectivity index (χ2n) is 0. The molecule has 0 aliphatic carbocycles. The van der Waals surface area contributed by atoms with E-state index in [-0.39, 0.29) is 71.5 Å². The van der Waals surface area contributed by atoms with Crippen LogP contribution in [0.25, 0.3) is 0 Å². The molecule has 0 aromatic carbocycles. The van der Waals surface area contributed by atoms with Crippen molar-refractivity contribution in [3.05, 3.63) is 0 Å². The van der Waals surface area contributed by atoms with Crippen molar-refractivity contribution in [2.45, 2.75) is 0 Å². The van der Waals surface area contributed by atoms with E-state index in [1.807, 2.05) is 0 Å². The van der Waals surface area contributed by atoms with Crippen molar-refractivity contribution in [3.8, 4) is 0 Å². The van der Waals surface area contributed by atoms with E-state index in [0.29, 0.717) is 0 Å². The molecule has 0 aromatic rings. The molecule has 0 N–H and O–H groups in total. The standard InChI is InChI=1S/Mn.Mo.Nb.H4Si/h;;;1H4. The maximum absolute atomic E-state index is 0. The number of hydrogen-bond donors (Lipinski definition) is 0. The Morgan fingerprint density at radius 3 is 1.00 bits per heavy atom. The largest absolute Gasteiger partial charge is 0.0149 e. The van der Waals surface area contributed by atoms with Gasteiger partial charge in [-0.3, -0.25) is 0 Å². The zero-order chi connectivity index (χ0) is 0. The summed E-state index contributed by atoms with van der Waals surface area (Å²) in [5, 5.41) is 0. The smallest absolute Gasteiger partial charge is 0 e. The molecular formula is H4MnMoNbSi. The molecule has 0 fully saturated rings. The van der Waals surface area contributed by atoms with Crippen LogP contribution in [0, 0.1) is 0 Å². The van der Waals surface area contributed by atoms with Crippen LogP contribution >= 0.6 is 0 Å². The Labute approximate surface area is 70.8 Å². The molecule has 0 aliphatic heterocycles. The fraction of sp³-hybridized carbons (Fsp3) is 0. The molecular weight excluding hydrogens is 272 g/mol. The Morgan fingerprint density at radius 2 is 1.00 bits per heavy atom. The molecule has 0 nitrogen and oxygen atoms in total. The number of rotatable bonds is 0. The molecule has 0 unspecified atom stereocenters. The summed E-state index contributed by atoms with van der Waals surface area (Å²) in [4.78, 5) is 0. The average Bonchev–Trinajstić information content (AvgIpc) is 0. The molecule has 2 radical (unpaired) electrons. The van der Waals surface area contributed by atoms with E-state index >= 15 is 0 Å². The Balaban J connectivity index is 0. The molecule has 0 saturated heterocycles. The van der Waals surface area contributed by atoms with Crippen LogP contribution in [0.2, 0.25) is 0 Å². The van der Waals surface area contributed by atoms with Gasteiger partial charge in [0.15, 0.2) is 0 Å². The van der Waals surface area contributed by atoms with Gasteiger partial charge in [0.05, 0.1) is 0 Å². The van der Waals surface area contributed by atoms with E-state index in [9.17, 15) is 0 Å². The molecule has 4 heavy (non-hydrogen) atoms. The predicted molar refractivity (Wildman–Crippen MR) is 11.3 cm³/mol. The summed E-state index contributed by atoms with van der Waals surface area (Å²) < 4.78 is 0. The average molecular weight is 276 g/mol. The van der Waals surface area contributed by atoms with Gasteiger partial charge in [0, 0.05) is 60.5 Å². The van der Waals surface area contributed by atoms with Gasteiger partial charge in [-0.2, -0.15) is 0 Å². The van der Waals surface area contributed by atoms with Gasteiger partial charge in [-0.05, 0) is 11.0 Å². The minimum Gasteiger partial charge on any atom is -0.0149 e. The molecule has 0 aliphatic rings. The van der Waals surface area contributed by atoms with Crippen molar-refractivity contribution in [3.63, 3.8) is 0 Å². The van der Waals surface area contributed by atoms with Crippen LogP contribution in [0.15, 0.2) is 0 Å². The fourth-order valence-corrected chi connectivity index (χ4v) is 0. The minimum absolute atomic E-state index is 0. The molecule has 0 saturated carbocycles. The second-order valence-corrected chi connectivity index (χ2v) is 0. The maximum atomic E-state index is 0. The Morgan fingerprint density at radius 1 is 1.00 bits per heavy atom. The van der Waals surface area contributed by atoms with Crippen molar-refractivity contribution in [1.29, 1.82) is 0 Å². The van der Waals surface area contributed by atoms with E-state index < -0.39 is 0 Å². The molecule has 0 amide bonds. The molecule has 0 heterocycles. The van der Waals surface area contributed by atoms with Crippen molar-refractivity contribution in [2.24, 2.45) is 0 Å². The monoisotopic (exact) mass is 278 g/mol. The van der Waals surface area contributed by atoms with Crippen molar-refractivity contribution < 1.29 is 60.5 Å². The first kappa shape index (κ1) is 35.1. The quantitative estimate of drug-likeness (QED) is 0.474. The van der Waals surface area contributed by atoms with Gasteiger partial charge < -0.3 is 0 Å². The summed E-state index contributed by atoms with van der Waals surface area (Å²) in [6.45, 7) is 0. The van der Waals surface area contributed by atoms with Gasteiger partial charge in [0.25, 0.3) is 0 Å². The third-order valence-electron chi connectivity index (χ3n) is 0. The Hall–Kier alpha value is 2.16. The van der Waals surface area contributed by atoms with E-state index in [4.69, 9.17) is 0 Å². The van der Waals surface area contributed by atoms with Crippen LogP contribution in [0.4, 0.5) is 0 Å². The van der Waals surface area contributed by atoms with E-state index in [1.54, 1.807) is 0 Å². The first-order valence-corrected chi connectivity index (χ1v) is 0.